The molecule has 0 aliphatic carbocycles. The van der Waals surface area contributed by atoms with E-state index in [0.717, 1.165) is 10.9 Å². The molecule has 2 aromatic rings. The summed E-state index contributed by atoms with van der Waals surface area (Å²) in [6.07, 6.45) is 0.861. The number of benzene rings is 2. The Hall–Kier alpha value is -0.790. The van der Waals surface area contributed by atoms with E-state index in [0.29, 0.717) is 0 Å². The van der Waals surface area contributed by atoms with Gasteiger partial charge in [-0.25, -0.2) is 0 Å². The maximum Gasteiger partial charge on any atom is 0.0628 e. The molecule has 0 saturated heterocycles. The first-order valence-electron chi connectivity index (χ1n) is 5.61. The van der Waals surface area contributed by atoms with Gasteiger partial charge in [-0.15, -0.1) is 11.6 Å². The van der Waals surface area contributed by atoms with E-state index in [-0.39, 0.29) is 5.38 Å². The zero-order chi connectivity index (χ0) is 12.3. The van der Waals surface area contributed by atoms with E-state index in [1.807, 2.05) is 24.3 Å². The highest BCUT2D eigenvalue weighted by Gasteiger charge is 2.11. The molecule has 0 saturated carbocycles. The molecule has 0 N–H and O–H groups in total. The zero-order valence-electron chi connectivity index (χ0n) is 9.66. The fourth-order valence-corrected chi connectivity index (χ4v) is 2.67. The van der Waals surface area contributed by atoms with Crippen molar-refractivity contribution >= 4 is 27.5 Å². The third-order valence-electron chi connectivity index (χ3n) is 2.84. The van der Waals surface area contributed by atoms with Gasteiger partial charge in [0.05, 0.1) is 5.38 Å². The monoisotopic (exact) mass is 308 g/mol. The summed E-state index contributed by atoms with van der Waals surface area (Å²) in [5.74, 6) is 0. The fourth-order valence-electron chi connectivity index (χ4n) is 1.88. The van der Waals surface area contributed by atoms with Gasteiger partial charge in [0.15, 0.2) is 0 Å². The maximum atomic E-state index is 6.50. The van der Waals surface area contributed by atoms with Crippen LogP contribution in [0, 0.1) is 6.92 Å². The van der Waals surface area contributed by atoms with Crippen molar-refractivity contribution in [3.63, 3.8) is 0 Å². The minimum atomic E-state index is 0.0231. The molecule has 1 atom stereocenters. The summed E-state index contributed by atoms with van der Waals surface area (Å²) in [7, 11) is 0. The molecule has 0 heterocycles. The van der Waals surface area contributed by atoms with E-state index in [1.165, 1.54) is 16.7 Å². The van der Waals surface area contributed by atoms with Crippen LogP contribution in [-0.2, 0) is 6.42 Å². The fraction of sp³-hybridized carbons (Fsp3) is 0.200. The van der Waals surface area contributed by atoms with Crippen LogP contribution in [0.5, 0.6) is 0 Å². The Bertz CT molecular complexity index is 494. The largest absolute Gasteiger partial charge is 0.117 e. The van der Waals surface area contributed by atoms with Crippen molar-refractivity contribution in [1.29, 1.82) is 0 Å². The lowest BCUT2D eigenvalue weighted by Crippen LogP contribution is -1.98. The van der Waals surface area contributed by atoms with Crippen LogP contribution in [0.15, 0.2) is 53.0 Å². The Balaban J connectivity index is 2.20. The lowest BCUT2D eigenvalue weighted by atomic mass is 10.0. The van der Waals surface area contributed by atoms with Crippen molar-refractivity contribution in [2.45, 2.75) is 18.7 Å². The molecule has 2 heteroatoms. The molecule has 0 radical (unpaired) electrons. The molecule has 0 spiro atoms. The number of rotatable bonds is 3. The highest BCUT2D eigenvalue weighted by molar-refractivity contribution is 9.10. The third-order valence-corrected chi connectivity index (χ3v) is 3.72. The SMILES string of the molecule is Cc1ccc(Br)cc1C(Cl)Cc1ccccc1. The Morgan fingerprint density at radius 1 is 1.12 bits per heavy atom. The van der Waals surface area contributed by atoms with E-state index in [1.54, 1.807) is 0 Å². The van der Waals surface area contributed by atoms with E-state index in [9.17, 15) is 0 Å². The van der Waals surface area contributed by atoms with E-state index in [2.05, 4.69) is 47.1 Å². The van der Waals surface area contributed by atoms with Crippen molar-refractivity contribution in [2.75, 3.05) is 0 Å². The Kier molecular flexibility index (Phi) is 4.25. The number of halogens is 2. The van der Waals surface area contributed by atoms with Gasteiger partial charge in [0.2, 0.25) is 0 Å². The summed E-state index contributed by atoms with van der Waals surface area (Å²) in [6, 6.07) is 16.6. The molecule has 88 valence electrons. The van der Waals surface area contributed by atoms with Crippen LogP contribution in [0.25, 0.3) is 0 Å². The molecule has 1 unspecified atom stereocenters. The molecule has 17 heavy (non-hydrogen) atoms. The quantitative estimate of drug-likeness (QED) is 0.677. The van der Waals surface area contributed by atoms with Gasteiger partial charge in [0, 0.05) is 4.47 Å². The molecule has 0 aliphatic rings. The van der Waals surface area contributed by atoms with Gasteiger partial charge in [-0.05, 0) is 42.2 Å². The molecule has 0 fully saturated rings. The van der Waals surface area contributed by atoms with E-state index < -0.39 is 0 Å². The van der Waals surface area contributed by atoms with Gasteiger partial charge in [0.1, 0.15) is 0 Å². The highest BCUT2D eigenvalue weighted by Crippen LogP contribution is 2.29. The number of hydrogen-bond donors (Lipinski definition) is 0. The average Bonchev–Trinajstić information content (AvgIpc) is 2.33. The third kappa shape index (κ3) is 3.34. The molecular formula is C15H14BrCl. The molecule has 0 bridgehead atoms. The van der Waals surface area contributed by atoms with Crippen LogP contribution in [0.3, 0.4) is 0 Å². The number of hydrogen-bond acceptors (Lipinski definition) is 0. The van der Waals surface area contributed by atoms with Crippen LogP contribution >= 0.6 is 27.5 Å². The summed E-state index contributed by atoms with van der Waals surface area (Å²) in [6.45, 7) is 2.10. The predicted octanol–water partition coefficient (Wildman–Crippen LogP) is 5.28. The zero-order valence-corrected chi connectivity index (χ0v) is 12.0. The van der Waals surface area contributed by atoms with Crippen LogP contribution in [-0.4, -0.2) is 0 Å². The Morgan fingerprint density at radius 2 is 1.82 bits per heavy atom. The van der Waals surface area contributed by atoms with Gasteiger partial charge in [0.25, 0.3) is 0 Å². The second-order valence-corrected chi connectivity index (χ2v) is 5.60. The van der Waals surface area contributed by atoms with Crippen LogP contribution in [0.1, 0.15) is 22.1 Å². The lowest BCUT2D eigenvalue weighted by molar-refractivity contribution is 0.909. The number of alkyl halides is 1. The van der Waals surface area contributed by atoms with Crippen molar-refractivity contribution in [2.24, 2.45) is 0 Å². The summed E-state index contributed by atoms with van der Waals surface area (Å²) in [4.78, 5) is 0. The first-order chi connectivity index (χ1) is 8.16. The topological polar surface area (TPSA) is 0 Å². The summed E-state index contributed by atoms with van der Waals surface area (Å²) in [5, 5.41) is 0.0231. The number of aryl methyl sites for hydroxylation is 1. The van der Waals surface area contributed by atoms with Crippen LogP contribution < -0.4 is 0 Å². The molecule has 0 aliphatic heterocycles. The van der Waals surface area contributed by atoms with Gasteiger partial charge in [-0.2, -0.15) is 0 Å². The van der Waals surface area contributed by atoms with Gasteiger partial charge in [-0.3, -0.25) is 0 Å². The van der Waals surface area contributed by atoms with Crippen LogP contribution in [0.4, 0.5) is 0 Å². The van der Waals surface area contributed by atoms with Crippen LogP contribution in [0.2, 0.25) is 0 Å². The molecule has 2 aromatic carbocycles. The smallest absolute Gasteiger partial charge is 0.0628 e. The van der Waals surface area contributed by atoms with Gasteiger partial charge >= 0.3 is 0 Å². The van der Waals surface area contributed by atoms with Crippen molar-refractivity contribution in [1.82, 2.24) is 0 Å². The standard InChI is InChI=1S/C15H14BrCl/c1-11-7-8-13(16)10-14(11)15(17)9-12-5-3-2-4-6-12/h2-8,10,15H,9H2,1H3. The van der Waals surface area contributed by atoms with Crippen molar-refractivity contribution in [3.05, 3.63) is 69.7 Å². The van der Waals surface area contributed by atoms with Gasteiger partial charge < -0.3 is 0 Å². The first kappa shape index (κ1) is 12.7. The highest BCUT2D eigenvalue weighted by atomic mass is 79.9. The minimum absolute atomic E-state index is 0.0231. The molecule has 0 aromatic heterocycles. The predicted molar refractivity (Wildman–Crippen MR) is 77.6 cm³/mol. The van der Waals surface area contributed by atoms with E-state index >= 15 is 0 Å². The molecular weight excluding hydrogens is 296 g/mol. The Morgan fingerprint density at radius 3 is 2.53 bits per heavy atom. The molecule has 2 rings (SSSR count). The summed E-state index contributed by atoms with van der Waals surface area (Å²) < 4.78 is 1.08. The molecule has 0 nitrogen and oxygen atoms in total. The lowest BCUT2D eigenvalue weighted by Gasteiger charge is -2.13. The minimum Gasteiger partial charge on any atom is -0.117 e. The normalized spacial score (nSPS) is 12.4. The second kappa shape index (κ2) is 5.70. The summed E-state index contributed by atoms with van der Waals surface area (Å²) in [5.41, 5.74) is 3.71. The molecule has 0 amide bonds. The summed E-state index contributed by atoms with van der Waals surface area (Å²) >= 11 is 9.99. The average molecular weight is 310 g/mol. The first-order valence-corrected chi connectivity index (χ1v) is 6.84. The van der Waals surface area contributed by atoms with Crippen molar-refractivity contribution < 1.29 is 0 Å². The maximum absolute atomic E-state index is 6.50. The second-order valence-electron chi connectivity index (χ2n) is 4.16. The van der Waals surface area contributed by atoms with Gasteiger partial charge in [-0.1, -0.05) is 52.3 Å². The Labute approximate surface area is 116 Å². The van der Waals surface area contributed by atoms with Crippen molar-refractivity contribution in [3.8, 4) is 0 Å². The van der Waals surface area contributed by atoms with E-state index in [4.69, 9.17) is 11.6 Å².